The predicted octanol–water partition coefficient (Wildman–Crippen LogP) is 3.36. The summed E-state index contributed by atoms with van der Waals surface area (Å²) in [6.45, 7) is 5.33. The highest BCUT2D eigenvalue weighted by Gasteiger charge is 2.19. The predicted molar refractivity (Wildman–Crippen MR) is 115 cm³/mol. The molecular weight excluding hydrogens is 442 g/mol. The molecule has 0 fully saturated rings. The summed E-state index contributed by atoms with van der Waals surface area (Å²) < 4.78 is 50.2. The van der Waals surface area contributed by atoms with Gasteiger partial charge >= 0.3 is 17.1 Å². The summed E-state index contributed by atoms with van der Waals surface area (Å²) in [5.41, 5.74) is 0.777. The summed E-state index contributed by atoms with van der Waals surface area (Å²) in [5.74, 6) is -2.07. The first-order valence-corrected chi connectivity index (χ1v) is 10.2. The Morgan fingerprint density at radius 3 is 2.28 bits per heavy atom. The van der Waals surface area contributed by atoms with Gasteiger partial charge in [-0.1, -0.05) is 29.8 Å². The highest BCUT2D eigenvalue weighted by molar-refractivity contribution is 7.51. The van der Waals surface area contributed by atoms with E-state index in [0.29, 0.717) is 12.0 Å². The maximum Gasteiger partial charge on any atom is 0.335 e. The maximum absolute atomic E-state index is 13.6. The molecule has 7 nitrogen and oxygen atoms in total. The van der Waals surface area contributed by atoms with Crippen LogP contribution in [0.3, 0.4) is 0 Å². The molecule has 0 saturated heterocycles. The molecule has 3 aromatic rings. The van der Waals surface area contributed by atoms with Crippen LogP contribution in [0.2, 0.25) is 0 Å². The van der Waals surface area contributed by atoms with Gasteiger partial charge in [0.05, 0.1) is 24.1 Å². The summed E-state index contributed by atoms with van der Waals surface area (Å²) in [5, 5.41) is 14.0. The second-order valence-corrected chi connectivity index (χ2v) is 7.68. The number of aromatic nitrogens is 2. The molecule has 170 valence electrons. The van der Waals surface area contributed by atoms with Crippen molar-refractivity contribution in [3.8, 4) is 22.6 Å². The van der Waals surface area contributed by atoms with Crippen LogP contribution in [0, 0.1) is 18.6 Å². The fraction of sp³-hybridized carbons (Fsp3) is 0.273. The number of rotatable bonds is 6. The number of benzene rings is 2. The topological polar surface area (TPSA) is 98.5 Å². The van der Waals surface area contributed by atoms with E-state index in [1.807, 2.05) is 31.2 Å². The molecule has 0 atom stereocenters. The summed E-state index contributed by atoms with van der Waals surface area (Å²) >= 11 is -0.750. The van der Waals surface area contributed by atoms with Crippen LogP contribution in [-0.4, -0.2) is 35.5 Å². The zero-order chi connectivity index (χ0) is 23.9. The number of aliphatic hydroxyl groups is 1. The van der Waals surface area contributed by atoms with E-state index < -0.39 is 34.4 Å². The van der Waals surface area contributed by atoms with E-state index in [1.54, 1.807) is 13.8 Å². The van der Waals surface area contributed by atoms with E-state index in [1.165, 1.54) is 12.3 Å². The molecule has 0 unspecified atom stereocenters. The van der Waals surface area contributed by atoms with E-state index in [9.17, 15) is 18.7 Å². The average molecular weight is 464 g/mol. The van der Waals surface area contributed by atoms with Crippen LogP contribution in [0.25, 0.3) is 16.8 Å². The Kier molecular flexibility index (Phi) is 8.50. The molecule has 0 aliphatic carbocycles. The molecule has 3 rings (SSSR count). The standard InChI is InChI=1S/C22H22F2N2O3.O2S/c1-14-4-6-15(7-5-14)17-13-25-26(16-8-9-18(23)19(24)12-16)21(27)20(17)29-11-10-22(2,3)28;1-3-2/h4-9,12-13,28H,10-11H2,1-3H3;. The largest absolute Gasteiger partial charge is 0.487 e. The third-order valence-corrected chi connectivity index (χ3v) is 4.40. The lowest BCUT2D eigenvalue weighted by Gasteiger charge is -2.18. The van der Waals surface area contributed by atoms with Gasteiger partial charge in [-0.05, 0) is 38.5 Å². The van der Waals surface area contributed by atoms with Crippen LogP contribution in [0.15, 0.2) is 53.5 Å². The van der Waals surface area contributed by atoms with Crippen molar-refractivity contribution in [1.29, 1.82) is 0 Å². The first-order chi connectivity index (χ1) is 15.1. The van der Waals surface area contributed by atoms with Gasteiger partial charge in [0, 0.05) is 18.1 Å². The van der Waals surface area contributed by atoms with E-state index in [0.717, 1.165) is 27.9 Å². The Morgan fingerprint density at radius 2 is 1.72 bits per heavy atom. The molecule has 0 aliphatic heterocycles. The van der Waals surface area contributed by atoms with Crippen molar-refractivity contribution in [2.75, 3.05) is 6.61 Å². The quantitative estimate of drug-likeness (QED) is 0.601. The molecule has 0 aliphatic rings. The van der Waals surface area contributed by atoms with Crippen molar-refractivity contribution >= 4 is 11.6 Å². The van der Waals surface area contributed by atoms with Crippen LogP contribution in [0.5, 0.6) is 5.75 Å². The molecule has 1 aromatic heterocycles. The van der Waals surface area contributed by atoms with Crippen LogP contribution >= 0.6 is 0 Å². The Labute approximate surface area is 186 Å². The molecule has 2 aromatic carbocycles. The highest BCUT2D eigenvalue weighted by atomic mass is 32.1. The molecule has 1 heterocycles. The molecule has 0 bridgehead atoms. The van der Waals surface area contributed by atoms with Gasteiger partial charge in [-0.25, -0.2) is 8.78 Å². The molecule has 0 spiro atoms. The van der Waals surface area contributed by atoms with Gasteiger partial charge in [-0.15, -0.1) is 0 Å². The third kappa shape index (κ3) is 6.63. The Bertz CT molecular complexity index is 1170. The van der Waals surface area contributed by atoms with Crippen LogP contribution in [-0.2, 0) is 11.6 Å². The number of hydrogen-bond donors (Lipinski definition) is 1. The van der Waals surface area contributed by atoms with Gasteiger partial charge in [0.1, 0.15) is 0 Å². The number of hydrogen-bond acceptors (Lipinski definition) is 6. The zero-order valence-electron chi connectivity index (χ0n) is 17.7. The van der Waals surface area contributed by atoms with Crippen LogP contribution < -0.4 is 10.3 Å². The second kappa shape index (κ2) is 10.9. The minimum atomic E-state index is -1.08. The summed E-state index contributed by atoms with van der Waals surface area (Å²) in [7, 11) is 0. The van der Waals surface area contributed by atoms with Gasteiger partial charge in [-0.2, -0.15) is 18.2 Å². The molecule has 32 heavy (non-hydrogen) atoms. The Balaban J connectivity index is 0.00000114. The number of halogens is 2. The average Bonchev–Trinajstić information content (AvgIpc) is 2.72. The summed E-state index contributed by atoms with van der Waals surface area (Å²) in [4.78, 5) is 13.1. The normalized spacial score (nSPS) is 10.8. The van der Waals surface area contributed by atoms with Crippen molar-refractivity contribution < 1.29 is 27.0 Å². The second-order valence-electron chi connectivity index (χ2n) is 7.55. The lowest BCUT2D eigenvalue weighted by Crippen LogP contribution is -2.26. The van der Waals surface area contributed by atoms with Gasteiger partial charge in [-0.3, -0.25) is 4.79 Å². The molecule has 1 N–H and O–H groups in total. The first kappa shape index (κ1) is 25.0. The minimum absolute atomic E-state index is 0.0258. The Morgan fingerprint density at radius 1 is 1.09 bits per heavy atom. The van der Waals surface area contributed by atoms with Crippen molar-refractivity contribution in [3.63, 3.8) is 0 Å². The number of nitrogens with zero attached hydrogens (tertiary/aromatic N) is 2. The highest BCUT2D eigenvalue weighted by Crippen LogP contribution is 2.27. The Hall–Kier alpha value is -3.24. The van der Waals surface area contributed by atoms with Crippen molar-refractivity contribution in [3.05, 3.63) is 76.2 Å². The molecular formula is C22H22F2N2O5S. The maximum atomic E-state index is 13.6. The van der Waals surface area contributed by atoms with E-state index in [-0.39, 0.29) is 18.0 Å². The fourth-order valence-electron chi connectivity index (χ4n) is 2.72. The van der Waals surface area contributed by atoms with Gasteiger partial charge in [0.15, 0.2) is 17.4 Å². The summed E-state index contributed by atoms with van der Waals surface area (Å²) in [6, 6.07) is 10.6. The van der Waals surface area contributed by atoms with E-state index >= 15 is 0 Å². The minimum Gasteiger partial charge on any atom is -0.487 e. The van der Waals surface area contributed by atoms with E-state index in [2.05, 4.69) is 5.10 Å². The molecule has 10 heteroatoms. The van der Waals surface area contributed by atoms with Crippen LogP contribution in [0.4, 0.5) is 8.78 Å². The smallest absolute Gasteiger partial charge is 0.335 e. The third-order valence-electron chi connectivity index (χ3n) is 4.40. The van der Waals surface area contributed by atoms with Crippen molar-refractivity contribution in [2.45, 2.75) is 32.8 Å². The van der Waals surface area contributed by atoms with E-state index in [4.69, 9.17) is 13.2 Å². The summed E-state index contributed by atoms with van der Waals surface area (Å²) in [6.07, 6.45) is 1.75. The zero-order valence-corrected chi connectivity index (χ0v) is 18.5. The fourth-order valence-corrected chi connectivity index (χ4v) is 2.72. The number of aryl methyl sites for hydroxylation is 1. The molecule has 0 amide bonds. The first-order valence-electron chi connectivity index (χ1n) is 9.49. The SMILES string of the molecule is Cc1ccc(-c2cnn(-c3ccc(F)c(F)c3)c(=O)c2OCCC(C)(C)O)cc1.O=S=O. The van der Waals surface area contributed by atoms with Gasteiger partial charge < -0.3 is 9.84 Å². The van der Waals surface area contributed by atoms with Gasteiger partial charge in [0.25, 0.3) is 0 Å². The number of ether oxygens (including phenoxy) is 1. The van der Waals surface area contributed by atoms with Gasteiger partial charge in [0.2, 0.25) is 0 Å². The van der Waals surface area contributed by atoms with Crippen molar-refractivity contribution in [1.82, 2.24) is 9.78 Å². The lowest BCUT2D eigenvalue weighted by molar-refractivity contribution is 0.0551. The molecule has 0 saturated carbocycles. The van der Waals surface area contributed by atoms with Crippen molar-refractivity contribution in [2.24, 2.45) is 0 Å². The lowest BCUT2D eigenvalue weighted by atomic mass is 10.1. The monoisotopic (exact) mass is 464 g/mol. The van der Waals surface area contributed by atoms with Crippen LogP contribution in [0.1, 0.15) is 25.8 Å². The molecule has 0 radical (unpaired) electrons.